The van der Waals surface area contributed by atoms with Gasteiger partial charge in [-0.15, -0.1) is 0 Å². The fraction of sp³-hybridized carbons (Fsp3) is 0.778. The van der Waals surface area contributed by atoms with Gasteiger partial charge in [0, 0.05) is 19.3 Å². The second kappa shape index (κ2) is 5.39. The SMILES string of the molecule is CC(=O)C1C(=O)CC(C)(C)CC1C1C(=O)CC(C)(C)CC1=O. The van der Waals surface area contributed by atoms with Crippen molar-refractivity contribution < 1.29 is 19.2 Å². The van der Waals surface area contributed by atoms with Crippen molar-refractivity contribution in [1.29, 1.82) is 0 Å². The molecule has 0 aromatic heterocycles. The summed E-state index contributed by atoms with van der Waals surface area (Å²) in [6.07, 6.45) is 1.61. The number of ketones is 4. The summed E-state index contributed by atoms with van der Waals surface area (Å²) in [5.41, 5.74) is -0.578. The van der Waals surface area contributed by atoms with Crippen LogP contribution in [0.3, 0.4) is 0 Å². The van der Waals surface area contributed by atoms with E-state index in [1.165, 1.54) is 6.92 Å². The zero-order valence-corrected chi connectivity index (χ0v) is 14.2. The van der Waals surface area contributed by atoms with Crippen LogP contribution < -0.4 is 0 Å². The van der Waals surface area contributed by atoms with Crippen molar-refractivity contribution in [3.8, 4) is 0 Å². The molecule has 2 saturated carbocycles. The molecule has 0 spiro atoms. The molecule has 0 saturated heterocycles. The maximum atomic E-state index is 12.6. The highest BCUT2D eigenvalue weighted by Crippen LogP contribution is 2.47. The van der Waals surface area contributed by atoms with Crippen LogP contribution in [0.15, 0.2) is 0 Å². The Balaban J connectivity index is 2.38. The summed E-state index contributed by atoms with van der Waals surface area (Å²) in [6, 6.07) is 0. The molecule has 0 bridgehead atoms. The third kappa shape index (κ3) is 3.21. The molecule has 0 aromatic carbocycles. The zero-order valence-electron chi connectivity index (χ0n) is 14.2. The fourth-order valence-corrected chi connectivity index (χ4v) is 4.37. The Morgan fingerprint density at radius 2 is 1.32 bits per heavy atom. The smallest absolute Gasteiger partial charge is 0.144 e. The van der Waals surface area contributed by atoms with Crippen LogP contribution in [0.2, 0.25) is 0 Å². The highest BCUT2D eigenvalue weighted by molar-refractivity contribution is 6.08. The first kappa shape index (κ1) is 17.0. The first-order valence-electron chi connectivity index (χ1n) is 8.02. The standard InChI is InChI=1S/C18H26O4/c1-10(19)15-11(6-17(2,3)7-12(15)20)16-13(21)8-18(4,5)9-14(16)22/h11,15-16H,6-9H2,1-5H3. The number of rotatable bonds is 2. The molecule has 0 amide bonds. The van der Waals surface area contributed by atoms with Crippen LogP contribution in [0, 0.1) is 28.6 Å². The van der Waals surface area contributed by atoms with Gasteiger partial charge < -0.3 is 0 Å². The van der Waals surface area contributed by atoms with Crippen LogP contribution in [0.25, 0.3) is 0 Å². The molecule has 0 radical (unpaired) electrons. The maximum absolute atomic E-state index is 12.6. The van der Waals surface area contributed by atoms with Crippen molar-refractivity contribution in [2.24, 2.45) is 28.6 Å². The first-order chi connectivity index (χ1) is 9.93. The quantitative estimate of drug-likeness (QED) is 0.736. The summed E-state index contributed by atoms with van der Waals surface area (Å²) in [5.74, 6) is -2.52. The summed E-state index contributed by atoms with van der Waals surface area (Å²) in [6.45, 7) is 9.16. The molecule has 122 valence electrons. The molecule has 0 aromatic rings. The van der Waals surface area contributed by atoms with Gasteiger partial charge in [0.05, 0.1) is 11.8 Å². The van der Waals surface area contributed by atoms with E-state index in [0.29, 0.717) is 25.7 Å². The lowest BCUT2D eigenvalue weighted by molar-refractivity contribution is -0.149. The Morgan fingerprint density at radius 1 is 0.864 bits per heavy atom. The lowest BCUT2D eigenvalue weighted by atomic mass is 9.57. The van der Waals surface area contributed by atoms with Crippen molar-refractivity contribution in [3.05, 3.63) is 0 Å². The minimum atomic E-state index is -0.785. The Hall–Kier alpha value is -1.32. The molecule has 2 atom stereocenters. The molecule has 4 heteroatoms. The van der Waals surface area contributed by atoms with Crippen LogP contribution in [-0.4, -0.2) is 23.1 Å². The van der Waals surface area contributed by atoms with Crippen LogP contribution in [0.1, 0.15) is 60.3 Å². The average molecular weight is 306 g/mol. The van der Waals surface area contributed by atoms with Gasteiger partial charge in [-0.1, -0.05) is 27.7 Å². The van der Waals surface area contributed by atoms with Crippen molar-refractivity contribution in [3.63, 3.8) is 0 Å². The minimum Gasteiger partial charge on any atom is -0.299 e. The topological polar surface area (TPSA) is 68.3 Å². The molecule has 0 heterocycles. The molecular weight excluding hydrogens is 280 g/mol. The summed E-state index contributed by atoms with van der Waals surface area (Å²) >= 11 is 0. The van der Waals surface area contributed by atoms with Gasteiger partial charge in [-0.2, -0.15) is 0 Å². The second-order valence-corrected chi connectivity index (χ2v) is 8.69. The van der Waals surface area contributed by atoms with Crippen LogP contribution in [0.5, 0.6) is 0 Å². The van der Waals surface area contributed by atoms with Crippen LogP contribution >= 0.6 is 0 Å². The molecular formula is C18H26O4. The van der Waals surface area contributed by atoms with Crippen molar-refractivity contribution >= 4 is 23.1 Å². The van der Waals surface area contributed by atoms with E-state index >= 15 is 0 Å². The first-order valence-corrected chi connectivity index (χ1v) is 8.02. The highest BCUT2D eigenvalue weighted by Gasteiger charge is 2.52. The van der Waals surface area contributed by atoms with Gasteiger partial charge in [0.15, 0.2) is 0 Å². The molecule has 2 rings (SSSR count). The monoisotopic (exact) mass is 306 g/mol. The van der Waals surface area contributed by atoms with E-state index in [1.807, 2.05) is 27.7 Å². The summed E-state index contributed by atoms with van der Waals surface area (Å²) in [7, 11) is 0. The third-order valence-electron chi connectivity index (χ3n) is 5.08. The van der Waals surface area contributed by atoms with Crippen molar-refractivity contribution in [1.82, 2.24) is 0 Å². The van der Waals surface area contributed by atoms with Gasteiger partial charge in [0.2, 0.25) is 0 Å². The lowest BCUT2D eigenvalue weighted by Gasteiger charge is -2.44. The van der Waals surface area contributed by atoms with Crippen LogP contribution in [0.4, 0.5) is 0 Å². The average Bonchev–Trinajstić information content (AvgIpc) is 2.21. The van der Waals surface area contributed by atoms with Gasteiger partial charge in [-0.05, 0) is 30.1 Å². The lowest BCUT2D eigenvalue weighted by Crippen LogP contribution is -2.50. The summed E-state index contributed by atoms with van der Waals surface area (Å²) < 4.78 is 0. The third-order valence-corrected chi connectivity index (χ3v) is 5.08. The van der Waals surface area contributed by atoms with Crippen molar-refractivity contribution in [2.75, 3.05) is 0 Å². The van der Waals surface area contributed by atoms with Gasteiger partial charge in [0.1, 0.15) is 23.1 Å². The Morgan fingerprint density at radius 3 is 1.77 bits per heavy atom. The number of carbonyl (C=O) groups is 4. The van der Waals surface area contributed by atoms with Crippen molar-refractivity contribution in [2.45, 2.75) is 60.3 Å². The Labute approximate surface area is 132 Å². The van der Waals surface area contributed by atoms with E-state index in [2.05, 4.69) is 0 Å². The minimum absolute atomic E-state index is 0.0944. The van der Waals surface area contributed by atoms with E-state index in [0.717, 1.165) is 0 Å². The largest absolute Gasteiger partial charge is 0.299 e. The molecule has 2 aliphatic rings. The zero-order chi connectivity index (χ0) is 16.9. The highest BCUT2D eigenvalue weighted by atomic mass is 16.2. The molecule has 22 heavy (non-hydrogen) atoms. The number of hydrogen-bond donors (Lipinski definition) is 0. The molecule has 2 unspecified atom stereocenters. The van der Waals surface area contributed by atoms with E-state index in [1.54, 1.807) is 0 Å². The summed E-state index contributed by atoms with van der Waals surface area (Å²) in [4.78, 5) is 49.5. The van der Waals surface area contributed by atoms with E-state index in [9.17, 15) is 19.2 Å². The number of hydrogen-bond acceptors (Lipinski definition) is 4. The van der Waals surface area contributed by atoms with Gasteiger partial charge >= 0.3 is 0 Å². The second-order valence-electron chi connectivity index (χ2n) is 8.69. The Kier molecular flexibility index (Phi) is 4.18. The molecule has 0 aliphatic heterocycles. The predicted molar refractivity (Wildman–Crippen MR) is 82.2 cm³/mol. The van der Waals surface area contributed by atoms with Gasteiger partial charge in [-0.25, -0.2) is 0 Å². The number of carbonyl (C=O) groups excluding carboxylic acids is 4. The molecule has 4 nitrogen and oxygen atoms in total. The maximum Gasteiger partial charge on any atom is 0.144 e. The summed E-state index contributed by atoms with van der Waals surface area (Å²) in [5, 5.41) is 0. The van der Waals surface area contributed by atoms with Gasteiger partial charge in [-0.3, -0.25) is 19.2 Å². The predicted octanol–water partition coefficient (Wildman–Crippen LogP) is 2.77. The van der Waals surface area contributed by atoms with E-state index in [-0.39, 0.29) is 34.0 Å². The van der Waals surface area contributed by atoms with E-state index in [4.69, 9.17) is 0 Å². The molecule has 2 fully saturated rings. The normalized spacial score (nSPS) is 32.1. The molecule has 0 N–H and O–H groups in total. The Bertz CT molecular complexity index is 521. The molecule has 2 aliphatic carbocycles. The fourth-order valence-electron chi connectivity index (χ4n) is 4.37. The van der Waals surface area contributed by atoms with E-state index < -0.39 is 17.8 Å². The van der Waals surface area contributed by atoms with Crippen LogP contribution in [-0.2, 0) is 19.2 Å². The number of Topliss-reactive ketones (excluding diaryl/α,β-unsaturated/α-hetero) is 4. The van der Waals surface area contributed by atoms with Gasteiger partial charge in [0.25, 0.3) is 0 Å².